The van der Waals surface area contributed by atoms with Crippen LogP contribution < -0.4 is 0 Å². The number of rotatable bonds is 9. The molecule has 0 spiro atoms. The van der Waals surface area contributed by atoms with Crippen molar-refractivity contribution < 1.29 is 19.8 Å². The molecule has 0 aromatic carbocycles. The smallest absolute Gasteiger partial charge is 0.331 e. The molecule has 92 valence electrons. The van der Waals surface area contributed by atoms with Gasteiger partial charge in [0.2, 0.25) is 0 Å². The lowest BCUT2D eigenvalue weighted by molar-refractivity contribution is -0.137. The van der Waals surface area contributed by atoms with Crippen LogP contribution in [0.2, 0.25) is 0 Å². The van der Waals surface area contributed by atoms with E-state index in [-0.39, 0.29) is 6.42 Å². The quantitative estimate of drug-likeness (QED) is 0.470. The summed E-state index contributed by atoms with van der Waals surface area (Å²) < 4.78 is 0. The third kappa shape index (κ3) is 8.03. The Hall–Kier alpha value is -1.32. The molecule has 0 aromatic rings. The second-order valence-corrected chi connectivity index (χ2v) is 3.78. The summed E-state index contributed by atoms with van der Waals surface area (Å²) in [7, 11) is 0. The van der Waals surface area contributed by atoms with E-state index < -0.39 is 11.9 Å². The second-order valence-electron chi connectivity index (χ2n) is 3.78. The van der Waals surface area contributed by atoms with Gasteiger partial charge in [-0.25, -0.2) is 4.79 Å². The molecule has 0 saturated carbocycles. The summed E-state index contributed by atoms with van der Waals surface area (Å²) >= 11 is 0. The van der Waals surface area contributed by atoms with Gasteiger partial charge in [0.25, 0.3) is 0 Å². The first-order valence-electron chi connectivity index (χ1n) is 5.72. The molecule has 0 atom stereocenters. The molecule has 4 heteroatoms. The van der Waals surface area contributed by atoms with Crippen LogP contribution in [0.15, 0.2) is 11.6 Å². The minimum Gasteiger partial charge on any atom is -0.481 e. The monoisotopic (exact) mass is 228 g/mol. The number of allylic oxidation sites excluding steroid dienone is 1. The summed E-state index contributed by atoms with van der Waals surface area (Å²) in [5, 5.41) is 17.3. The SMILES string of the molecule is CCCC=C(CCCCCC(=O)O)C(=O)O. The maximum Gasteiger partial charge on any atom is 0.331 e. The predicted octanol–water partition coefficient (Wildman–Crippen LogP) is 2.83. The van der Waals surface area contributed by atoms with Crippen molar-refractivity contribution in [3.05, 3.63) is 11.6 Å². The maximum atomic E-state index is 10.8. The van der Waals surface area contributed by atoms with Crippen LogP contribution >= 0.6 is 0 Å². The predicted molar refractivity (Wildman–Crippen MR) is 61.3 cm³/mol. The van der Waals surface area contributed by atoms with E-state index in [0.717, 1.165) is 25.7 Å². The molecule has 0 aliphatic heterocycles. The zero-order valence-corrected chi connectivity index (χ0v) is 9.74. The molecular formula is C12H20O4. The average Bonchev–Trinajstić information content (AvgIpc) is 2.21. The van der Waals surface area contributed by atoms with E-state index in [1.165, 1.54) is 0 Å². The van der Waals surface area contributed by atoms with Gasteiger partial charge in [-0.15, -0.1) is 0 Å². The van der Waals surface area contributed by atoms with E-state index in [4.69, 9.17) is 10.2 Å². The molecule has 0 bridgehead atoms. The summed E-state index contributed by atoms with van der Waals surface area (Å²) in [6.45, 7) is 2.00. The highest BCUT2D eigenvalue weighted by Gasteiger charge is 2.06. The standard InChI is InChI=1S/C12H20O4/c1-2-3-7-10(12(15)16)8-5-4-6-9-11(13)14/h7H,2-6,8-9H2,1H3,(H,13,14)(H,15,16). The van der Waals surface area contributed by atoms with Crippen LogP contribution in [0.3, 0.4) is 0 Å². The first-order valence-corrected chi connectivity index (χ1v) is 5.72. The van der Waals surface area contributed by atoms with Gasteiger partial charge in [0.05, 0.1) is 0 Å². The number of hydrogen-bond acceptors (Lipinski definition) is 2. The topological polar surface area (TPSA) is 74.6 Å². The van der Waals surface area contributed by atoms with Crippen LogP contribution in [0.1, 0.15) is 51.9 Å². The maximum absolute atomic E-state index is 10.8. The Morgan fingerprint density at radius 3 is 2.19 bits per heavy atom. The van der Waals surface area contributed by atoms with Crippen molar-refractivity contribution in [2.24, 2.45) is 0 Å². The van der Waals surface area contributed by atoms with Crippen LogP contribution in [-0.2, 0) is 9.59 Å². The molecule has 0 saturated heterocycles. The van der Waals surface area contributed by atoms with Crippen LogP contribution in [0.4, 0.5) is 0 Å². The van der Waals surface area contributed by atoms with Gasteiger partial charge >= 0.3 is 11.9 Å². The molecule has 0 radical (unpaired) electrons. The van der Waals surface area contributed by atoms with Gasteiger partial charge in [0.15, 0.2) is 0 Å². The number of unbranched alkanes of at least 4 members (excludes halogenated alkanes) is 3. The fourth-order valence-electron chi connectivity index (χ4n) is 1.38. The van der Waals surface area contributed by atoms with Crippen LogP contribution in [0, 0.1) is 0 Å². The highest BCUT2D eigenvalue weighted by molar-refractivity contribution is 5.86. The van der Waals surface area contributed by atoms with E-state index in [1.807, 2.05) is 6.92 Å². The van der Waals surface area contributed by atoms with Crippen molar-refractivity contribution in [3.8, 4) is 0 Å². The summed E-state index contributed by atoms with van der Waals surface area (Å²) in [5.41, 5.74) is 0.456. The molecule has 2 N–H and O–H groups in total. The number of hydrogen-bond donors (Lipinski definition) is 2. The molecule has 0 fully saturated rings. The molecule has 16 heavy (non-hydrogen) atoms. The molecule has 4 nitrogen and oxygen atoms in total. The van der Waals surface area contributed by atoms with Crippen molar-refractivity contribution in [2.45, 2.75) is 51.9 Å². The Balaban J connectivity index is 3.77. The van der Waals surface area contributed by atoms with Gasteiger partial charge in [0, 0.05) is 12.0 Å². The van der Waals surface area contributed by atoms with E-state index in [9.17, 15) is 9.59 Å². The number of carboxylic acids is 2. The molecule has 0 rings (SSSR count). The van der Waals surface area contributed by atoms with Crippen molar-refractivity contribution in [2.75, 3.05) is 0 Å². The zero-order chi connectivity index (χ0) is 12.4. The first-order chi connectivity index (χ1) is 7.57. The molecule has 0 aromatic heterocycles. The molecule has 0 heterocycles. The van der Waals surface area contributed by atoms with Crippen molar-refractivity contribution >= 4 is 11.9 Å². The highest BCUT2D eigenvalue weighted by atomic mass is 16.4. The van der Waals surface area contributed by atoms with Crippen molar-refractivity contribution in [1.29, 1.82) is 0 Å². The van der Waals surface area contributed by atoms with E-state index in [1.54, 1.807) is 6.08 Å². The Morgan fingerprint density at radius 1 is 1.06 bits per heavy atom. The number of aliphatic carboxylic acids is 2. The molecule has 0 aliphatic rings. The van der Waals surface area contributed by atoms with Gasteiger partial charge in [-0.05, 0) is 25.7 Å². The summed E-state index contributed by atoms with van der Waals surface area (Å²) in [6.07, 6.45) is 6.33. The Morgan fingerprint density at radius 2 is 1.69 bits per heavy atom. The highest BCUT2D eigenvalue weighted by Crippen LogP contribution is 2.12. The molecule has 0 amide bonds. The van der Waals surface area contributed by atoms with Crippen LogP contribution in [0.5, 0.6) is 0 Å². The van der Waals surface area contributed by atoms with E-state index in [0.29, 0.717) is 18.4 Å². The summed E-state index contributed by atoms with van der Waals surface area (Å²) in [4.78, 5) is 21.1. The Bertz CT molecular complexity index is 256. The largest absolute Gasteiger partial charge is 0.481 e. The fraction of sp³-hybridized carbons (Fsp3) is 0.667. The summed E-state index contributed by atoms with van der Waals surface area (Å²) in [6, 6.07) is 0. The number of carboxylic acid groups (broad SMARTS) is 2. The minimum absolute atomic E-state index is 0.168. The normalized spacial score (nSPS) is 11.4. The Kier molecular flexibility index (Phi) is 8.21. The minimum atomic E-state index is -0.855. The molecule has 0 aliphatic carbocycles. The van der Waals surface area contributed by atoms with Gasteiger partial charge in [0.1, 0.15) is 0 Å². The van der Waals surface area contributed by atoms with Gasteiger partial charge < -0.3 is 10.2 Å². The van der Waals surface area contributed by atoms with Crippen LogP contribution in [0.25, 0.3) is 0 Å². The second kappa shape index (κ2) is 8.95. The first kappa shape index (κ1) is 14.7. The lowest BCUT2D eigenvalue weighted by atomic mass is 10.0. The fourth-order valence-corrected chi connectivity index (χ4v) is 1.38. The van der Waals surface area contributed by atoms with E-state index in [2.05, 4.69) is 0 Å². The van der Waals surface area contributed by atoms with Gasteiger partial charge in [-0.3, -0.25) is 4.79 Å². The van der Waals surface area contributed by atoms with Crippen molar-refractivity contribution in [1.82, 2.24) is 0 Å². The molecular weight excluding hydrogens is 208 g/mol. The third-order valence-corrected chi connectivity index (χ3v) is 2.29. The zero-order valence-electron chi connectivity index (χ0n) is 9.74. The third-order valence-electron chi connectivity index (χ3n) is 2.29. The van der Waals surface area contributed by atoms with Gasteiger partial charge in [-0.1, -0.05) is 25.8 Å². The van der Waals surface area contributed by atoms with Crippen molar-refractivity contribution in [3.63, 3.8) is 0 Å². The van der Waals surface area contributed by atoms with Gasteiger partial charge in [-0.2, -0.15) is 0 Å². The number of carbonyl (C=O) groups is 2. The lowest BCUT2D eigenvalue weighted by Crippen LogP contribution is -2.01. The lowest BCUT2D eigenvalue weighted by Gasteiger charge is -2.02. The van der Waals surface area contributed by atoms with Crippen LogP contribution in [-0.4, -0.2) is 22.2 Å². The molecule has 0 unspecified atom stereocenters. The Labute approximate surface area is 96.0 Å². The van der Waals surface area contributed by atoms with E-state index >= 15 is 0 Å². The average molecular weight is 228 g/mol. The summed E-state index contributed by atoms with van der Waals surface area (Å²) in [5.74, 6) is -1.65.